The van der Waals surface area contributed by atoms with Crippen molar-refractivity contribution in [1.29, 1.82) is 0 Å². The quantitative estimate of drug-likeness (QED) is 0.891. The minimum absolute atomic E-state index is 0.0134. The molecule has 1 N–H and O–H groups in total. The molecule has 4 heteroatoms. The SMILES string of the molecule is O=C(NCC1CCC1)C1CC1c1cccc(F)c1F. The second-order valence-corrected chi connectivity index (χ2v) is 5.63. The van der Waals surface area contributed by atoms with E-state index in [1.165, 1.54) is 25.3 Å². The van der Waals surface area contributed by atoms with Gasteiger partial charge in [-0.3, -0.25) is 4.79 Å². The highest BCUT2D eigenvalue weighted by Gasteiger charge is 2.45. The zero-order valence-electron chi connectivity index (χ0n) is 10.7. The van der Waals surface area contributed by atoms with Gasteiger partial charge in [0.05, 0.1) is 0 Å². The highest BCUT2D eigenvalue weighted by atomic mass is 19.2. The highest BCUT2D eigenvalue weighted by Crippen LogP contribution is 2.48. The van der Waals surface area contributed by atoms with Crippen LogP contribution in [0.15, 0.2) is 18.2 Å². The van der Waals surface area contributed by atoms with Gasteiger partial charge in [0.25, 0.3) is 0 Å². The summed E-state index contributed by atoms with van der Waals surface area (Å²) >= 11 is 0. The van der Waals surface area contributed by atoms with Gasteiger partial charge in [-0.2, -0.15) is 0 Å². The van der Waals surface area contributed by atoms with E-state index in [1.54, 1.807) is 6.07 Å². The lowest BCUT2D eigenvalue weighted by Crippen LogP contribution is -2.33. The molecule has 2 saturated carbocycles. The lowest BCUT2D eigenvalue weighted by Gasteiger charge is -2.25. The number of rotatable bonds is 4. The summed E-state index contributed by atoms with van der Waals surface area (Å²) in [5, 5.41) is 2.93. The molecule has 0 heterocycles. The first-order valence-corrected chi connectivity index (χ1v) is 6.88. The molecule has 0 aromatic heterocycles. The Labute approximate surface area is 111 Å². The molecule has 2 nitrogen and oxygen atoms in total. The first-order valence-electron chi connectivity index (χ1n) is 6.88. The Morgan fingerprint density at radius 3 is 2.79 bits per heavy atom. The minimum atomic E-state index is -0.835. The Balaban J connectivity index is 1.57. The molecule has 2 aliphatic rings. The van der Waals surface area contributed by atoms with Gasteiger partial charge in [0.2, 0.25) is 5.91 Å². The second-order valence-electron chi connectivity index (χ2n) is 5.63. The number of nitrogens with one attached hydrogen (secondary N) is 1. The molecule has 0 bridgehead atoms. The van der Waals surface area contributed by atoms with Crippen molar-refractivity contribution in [2.24, 2.45) is 11.8 Å². The topological polar surface area (TPSA) is 29.1 Å². The Morgan fingerprint density at radius 1 is 1.32 bits per heavy atom. The number of carbonyl (C=O) groups is 1. The van der Waals surface area contributed by atoms with Crippen molar-refractivity contribution in [1.82, 2.24) is 5.32 Å². The summed E-state index contributed by atoms with van der Waals surface area (Å²) in [5.41, 5.74) is 0.337. The standard InChI is InChI=1S/C15H17F2NO/c16-13-6-2-5-10(14(13)17)11-7-12(11)15(19)18-8-9-3-1-4-9/h2,5-6,9,11-12H,1,3-4,7-8H2,(H,18,19). The molecular weight excluding hydrogens is 248 g/mol. The molecule has 2 unspecified atom stereocenters. The van der Waals surface area contributed by atoms with Crippen LogP contribution in [0.2, 0.25) is 0 Å². The van der Waals surface area contributed by atoms with Gasteiger partial charge in [-0.1, -0.05) is 18.6 Å². The third kappa shape index (κ3) is 2.48. The van der Waals surface area contributed by atoms with Crippen LogP contribution in [0.4, 0.5) is 8.78 Å². The molecule has 2 aliphatic carbocycles. The maximum atomic E-state index is 13.6. The van der Waals surface area contributed by atoms with Gasteiger partial charge in [-0.25, -0.2) is 8.78 Å². The summed E-state index contributed by atoms with van der Waals surface area (Å²) in [7, 11) is 0. The van der Waals surface area contributed by atoms with E-state index in [9.17, 15) is 13.6 Å². The Kier molecular flexibility index (Phi) is 3.25. The summed E-state index contributed by atoms with van der Waals surface area (Å²) in [4.78, 5) is 11.9. The number of benzene rings is 1. The van der Waals surface area contributed by atoms with Crippen LogP contribution in [-0.2, 0) is 4.79 Å². The van der Waals surface area contributed by atoms with Gasteiger partial charge in [0, 0.05) is 12.5 Å². The van der Waals surface area contributed by atoms with Crippen molar-refractivity contribution < 1.29 is 13.6 Å². The lowest BCUT2D eigenvalue weighted by atomic mass is 9.85. The van der Waals surface area contributed by atoms with Crippen molar-refractivity contribution in [2.45, 2.75) is 31.6 Å². The third-order valence-corrected chi connectivity index (χ3v) is 4.30. The van der Waals surface area contributed by atoms with E-state index in [-0.39, 0.29) is 17.7 Å². The molecule has 3 rings (SSSR count). The van der Waals surface area contributed by atoms with Crippen LogP contribution in [0.5, 0.6) is 0 Å². The minimum Gasteiger partial charge on any atom is -0.356 e. The highest BCUT2D eigenvalue weighted by molar-refractivity contribution is 5.82. The van der Waals surface area contributed by atoms with Crippen molar-refractivity contribution in [3.8, 4) is 0 Å². The van der Waals surface area contributed by atoms with Crippen LogP contribution in [0.1, 0.15) is 37.2 Å². The van der Waals surface area contributed by atoms with Gasteiger partial charge < -0.3 is 5.32 Å². The molecule has 102 valence electrons. The van der Waals surface area contributed by atoms with Crippen LogP contribution in [0.3, 0.4) is 0 Å². The summed E-state index contributed by atoms with van der Waals surface area (Å²) in [6.45, 7) is 0.730. The van der Waals surface area contributed by atoms with Gasteiger partial charge >= 0.3 is 0 Å². The van der Waals surface area contributed by atoms with E-state index in [0.717, 1.165) is 12.6 Å². The van der Waals surface area contributed by atoms with Crippen molar-refractivity contribution in [2.75, 3.05) is 6.54 Å². The summed E-state index contributed by atoms with van der Waals surface area (Å²) in [6, 6.07) is 4.17. The van der Waals surface area contributed by atoms with Gasteiger partial charge in [0.15, 0.2) is 11.6 Å². The first-order chi connectivity index (χ1) is 9.16. The molecule has 0 saturated heterocycles. The van der Waals surface area contributed by atoms with E-state index in [1.807, 2.05) is 0 Å². The predicted molar refractivity (Wildman–Crippen MR) is 67.6 cm³/mol. The largest absolute Gasteiger partial charge is 0.356 e. The molecule has 19 heavy (non-hydrogen) atoms. The normalized spacial score (nSPS) is 25.8. The molecule has 1 aromatic rings. The molecule has 1 amide bonds. The number of amides is 1. The Bertz CT molecular complexity index is 499. The molecule has 2 atom stereocenters. The monoisotopic (exact) mass is 265 g/mol. The maximum Gasteiger partial charge on any atom is 0.223 e. The summed E-state index contributed by atoms with van der Waals surface area (Å²) < 4.78 is 26.7. The van der Waals surface area contributed by atoms with Crippen molar-refractivity contribution >= 4 is 5.91 Å². The van der Waals surface area contributed by atoms with E-state index in [2.05, 4.69) is 5.32 Å². The molecule has 0 aliphatic heterocycles. The lowest BCUT2D eigenvalue weighted by molar-refractivity contribution is -0.122. The zero-order valence-corrected chi connectivity index (χ0v) is 10.7. The average molecular weight is 265 g/mol. The predicted octanol–water partition coefficient (Wildman–Crippen LogP) is 2.98. The molecule has 1 aromatic carbocycles. The first kappa shape index (κ1) is 12.6. The van der Waals surface area contributed by atoms with E-state index >= 15 is 0 Å². The van der Waals surface area contributed by atoms with Gasteiger partial charge in [-0.15, -0.1) is 0 Å². The van der Waals surface area contributed by atoms with Gasteiger partial charge in [-0.05, 0) is 42.7 Å². The van der Waals surface area contributed by atoms with E-state index in [4.69, 9.17) is 0 Å². The zero-order chi connectivity index (χ0) is 13.4. The van der Waals surface area contributed by atoms with Crippen molar-refractivity contribution in [3.63, 3.8) is 0 Å². The average Bonchev–Trinajstić information content (AvgIpc) is 3.10. The molecule has 2 fully saturated rings. The second kappa shape index (κ2) is 4.91. The maximum absolute atomic E-state index is 13.6. The van der Waals surface area contributed by atoms with Crippen LogP contribution in [0.25, 0.3) is 0 Å². The summed E-state index contributed by atoms with van der Waals surface area (Å²) in [5.74, 6) is -1.37. The van der Waals surface area contributed by atoms with Crippen LogP contribution in [-0.4, -0.2) is 12.5 Å². The van der Waals surface area contributed by atoms with Crippen LogP contribution < -0.4 is 5.32 Å². The van der Waals surface area contributed by atoms with Crippen LogP contribution in [0, 0.1) is 23.5 Å². The third-order valence-electron chi connectivity index (χ3n) is 4.30. The van der Waals surface area contributed by atoms with E-state index in [0.29, 0.717) is 17.9 Å². The Hall–Kier alpha value is -1.45. The number of carbonyl (C=O) groups excluding carboxylic acids is 1. The number of hydrogen-bond acceptors (Lipinski definition) is 1. The van der Waals surface area contributed by atoms with Crippen molar-refractivity contribution in [3.05, 3.63) is 35.4 Å². The van der Waals surface area contributed by atoms with Crippen LogP contribution >= 0.6 is 0 Å². The fourth-order valence-electron chi connectivity index (χ4n) is 2.71. The number of halogens is 2. The van der Waals surface area contributed by atoms with E-state index < -0.39 is 11.6 Å². The Morgan fingerprint density at radius 2 is 2.11 bits per heavy atom. The molecule has 0 spiro atoms. The molecular formula is C15H17F2NO. The summed E-state index contributed by atoms with van der Waals surface area (Å²) in [6.07, 6.45) is 4.25. The number of hydrogen-bond donors (Lipinski definition) is 1. The fourth-order valence-corrected chi connectivity index (χ4v) is 2.71. The van der Waals surface area contributed by atoms with Gasteiger partial charge in [0.1, 0.15) is 0 Å². The fraction of sp³-hybridized carbons (Fsp3) is 0.533. The molecule has 0 radical (unpaired) electrons. The smallest absolute Gasteiger partial charge is 0.223 e.